The van der Waals surface area contributed by atoms with Gasteiger partial charge in [0.15, 0.2) is 0 Å². The second-order valence-corrected chi connectivity index (χ2v) is 4.96. The Kier molecular flexibility index (Phi) is 4.27. The third kappa shape index (κ3) is 3.18. The number of anilines is 1. The summed E-state index contributed by atoms with van der Waals surface area (Å²) >= 11 is 0. The third-order valence-corrected chi connectivity index (χ3v) is 3.58. The van der Waals surface area contributed by atoms with Gasteiger partial charge in [0.1, 0.15) is 5.76 Å². The molecule has 0 saturated carbocycles. The van der Waals surface area contributed by atoms with E-state index in [1.807, 2.05) is 13.0 Å². The number of nitrogens with two attached hydrogens (primary N) is 1. The summed E-state index contributed by atoms with van der Waals surface area (Å²) in [7, 11) is 2.08. The zero-order valence-electron chi connectivity index (χ0n) is 11.9. The zero-order chi connectivity index (χ0) is 13.8. The third-order valence-electron chi connectivity index (χ3n) is 3.58. The lowest BCUT2D eigenvalue weighted by atomic mass is 10.1. The molecule has 0 amide bonds. The average Bonchev–Trinajstić information content (AvgIpc) is 2.83. The van der Waals surface area contributed by atoms with Gasteiger partial charge in [-0.05, 0) is 37.1 Å². The van der Waals surface area contributed by atoms with Crippen molar-refractivity contribution in [2.45, 2.75) is 32.9 Å². The molecule has 0 aliphatic heterocycles. The molecule has 2 rings (SSSR count). The minimum Gasteiger partial charge on any atom is -0.469 e. The maximum absolute atomic E-state index is 6.02. The molecule has 1 aromatic carbocycles. The normalized spacial score (nSPS) is 12.4. The Morgan fingerprint density at radius 2 is 1.89 bits per heavy atom. The topological polar surface area (TPSA) is 42.4 Å². The fourth-order valence-corrected chi connectivity index (χ4v) is 2.13. The molecule has 0 unspecified atom stereocenters. The highest BCUT2D eigenvalue weighted by molar-refractivity contribution is 5.48. The van der Waals surface area contributed by atoms with Crippen molar-refractivity contribution in [1.82, 2.24) is 0 Å². The number of nitrogens with zero attached hydrogens (tertiary/aromatic N) is 1. The summed E-state index contributed by atoms with van der Waals surface area (Å²) in [5.41, 5.74) is 9.62. The number of rotatable bonds is 5. The maximum Gasteiger partial charge on any atom is 0.105 e. The Balaban J connectivity index is 2.07. The monoisotopic (exact) mass is 258 g/mol. The number of benzene rings is 1. The number of hydrogen-bond acceptors (Lipinski definition) is 3. The quantitative estimate of drug-likeness (QED) is 0.890. The van der Waals surface area contributed by atoms with Crippen molar-refractivity contribution in [3.8, 4) is 0 Å². The molecule has 1 heterocycles. The van der Waals surface area contributed by atoms with Gasteiger partial charge in [0.05, 0.1) is 6.26 Å². The smallest absolute Gasteiger partial charge is 0.105 e. The number of furan rings is 1. The lowest BCUT2D eigenvalue weighted by molar-refractivity contribution is 0.529. The Morgan fingerprint density at radius 3 is 2.42 bits per heavy atom. The Hall–Kier alpha value is -1.74. The first-order valence-electron chi connectivity index (χ1n) is 6.71. The van der Waals surface area contributed by atoms with Crippen LogP contribution in [0.3, 0.4) is 0 Å². The van der Waals surface area contributed by atoms with Gasteiger partial charge in [-0.1, -0.05) is 19.1 Å². The lowest BCUT2D eigenvalue weighted by Gasteiger charge is -2.20. The highest BCUT2D eigenvalue weighted by atomic mass is 16.3. The van der Waals surface area contributed by atoms with E-state index in [0.717, 1.165) is 18.7 Å². The van der Waals surface area contributed by atoms with Crippen molar-refractivity contribution < 1.29 is 4.42 Å². The maximum atomic E-state index is 6.02. The summed E-state index contributed by atoms with van der Waals surface area (Å²) in [6.45, 7) is 4.94. The van der Waals surface area contributed by atoms with E-state index >= 15 is 0 Å². The highest BCUT2D eigenvalue weighted by Gasteiger charge is 2.08. The van der Waals surface area contributed by atoms with Gasteiger partial charge in [-0.25, -0.2) is 0 Å². The summed E-state index contributed by atoms with van der Waals surface area (Å²) in [6, 6.07) is 10.6. The van der Waals surface area contributed by atoms with E-state index in [0.29, 0.717) is 0 Å². The molecule has 0 radical (unpaired) electrons. The van der Waals surface area contributed by atoms with Gasteiger partial charge in [-0.2, -0.15) is 0 Å². The molecule has 0 aliphatic carbocycles. The second-order valence-electron chi connectivity index (χ2n) is 4.96. The average molecular weight is 258 g/mol. The van der Waals surface area contributed by atoms with Crippen LogP contribution in [0.1, 0.15) is 36.3 Å². The first kappa shape index (κ1) is 13.7. The zero-order valence-corrected chi connectivity index (χ0v) is 11.9. The number of aryl methyl sites for hydroxylation is 1. The van der Waals surface area contributed by atoms with Crippen molar-refractivity contribution in [3.05, 3.63) is 53.5 Å². The molecule has 0 fully saturated rings. The van der Waals surface area contributed by atoms with Crippen LogP contribution < -0.4 is 10.6 Å². The molecule has 102 valence electrons. The van der Waals surface area contributed by atoms with E-state index in [1.54, 1.807) is 6.26 Å². The molecule has 3 heteroatoms. The highest BCUT2D eigenvalue weighted by Crippen LogP contribution is 2.21. The van der Waals surface area contributed by atoms with E-state index in [9.17, 15) is 0 Å². The van der Waals surface area contributed by atoms with Gasteiger partial charge in [0.25, 0.3) is 0 Å². The van der Waals surface area contributed by atoms with Crippen LogP contribution in [0.15, 0.2) is 41.0 Å². The summed E-state index contributed by atoms with van der Waals surface area (Å²) in [5, 5.41) is 0. The van der Waals surface area contributed by atoms with Crippen LogP contribution in [0.4, 0.5) is 5.69 Å². The van der Waals surface area contributed by atoms with Crippen LogP contribution in [0.25, 0.3) is 0 Å². The molecule has 0 saturated heterocycles. The van der Waals surface area contributed by atoms with Crippen molar-refractivity contribution in [3.63, 3.8) is 0 Å². The van der Waals surface area contributed by atoms with Gasteiger partial charge in [0.2, 0.25) is 0 Å². The summed E-state index contributed by atoms with van der Waals surface area (Å²) < 4.78 is 5.32. The van der Waals surface area contributed by atoms with Crippen LogP contribution in [-0.4, -0.2) is 7.05 Å². The fraction of sp³-hybridized carbons (Fsp3) is 0.375. The minimum atomic E-state index is 0.135. The van der Waals surface area contributed by atoms with Crippen molar-refractivity contribution in [2.24, 2.45) is 5.73 Å². The number of hydrogen-bond donors (Lipinski definition) is 1. The van der Waals surface area contributed by atoms with E-state index in [-0.39, 0.29) is 6.04 Å². The molecule has 1 atom stereocenters. The van der Waals surface area contributed by atoms with E-state index in [1.165, 1.54) is 16.8 Å². The second kappa shape index (κ2) is 5.93. The molecular formula is C16H22N2O. The molecule has 0 spiro atoms. The van der Waals surface area contributed by atoms with Crippen molar-refractivity contribution in [1.29, 1.82) is 0 Å². The van der Waals surface area contributed by atoms with E-state index in [4.69, 9.17) is 10.2 Å². The Bertz CT molecular complexity index is 516. The van der Waals surface area contributed by atoms with Crippen LogP contribution in [0.5, 0.6) is 0 Å². The molecule has 1 aromatic heterocycles. The van der Waals surface area contributed by atoms with Crippen LogP contribution in [-0.2, 0) is 6.54 Å². The van der Waals surface area contributed by atoms with Gasteiger partial charge >= 0.3 is 0 Å². The van der Waals surface area contributed by atoms with Gasteiger partial charge in [-0.3, -0.25) is 0 Å². The molecule has 2 aromatic rings. The van der Waals surface area contributed by atoms with Crippen molar-refractivity contribution in [2.75, 3.05) is 11.9 Å². The van der Waals surface area contributed by atoms with Crippen LogP contribution in [0, 0.1) is 6.92 Å². The predicted octanol–water partition coefficient (Wildman–Crippen LogP) is 3.63. The van der Waals surface area contributed by atoms with Gasteiger partial charge < -0.3 is 15.1 Å². The standard InChI is InChI=1S/C16H22N2O/c1-4-16(17)13-5-7-15(8-6-13)18(3)11-14-9-10-19-12(14)2/h5-10,16H,4,11,17H2,1-3H3/t16-/m0/s1. The minimum absolute atomic E-state index is 0.135. The van der Waals surface area contributed by atoms with E-state index < -0.39 is 0 Å². The first-order chi connectivity index (χ1) is 9.11. The van der Waals surface area contributed by atoms with Gasteiger partial charge in [0, 0.05) is 30.9 Å². The predicted molar refractivity (Wildman–Crippen MR) is 79.2 cm³/mol. The molecule has 0 aliphatic rings. The SMILES string of the molecule is CC[C@H](N)c1ccc(N(C)Cc2ccoc2C)cc1. The fourth-order valence-electron chi connectivity index (χ4n) is 2.13. The Labute approximate surface area is 115 Å². The molecule has 0 bridgehead atoms. The molecule has 19 heavy (non-hydrogen) atoms. The van der Waals surface area contributed by atoms with Crippen molar-refractivity contribution >= 4 is 5.69 Å². The lowest BCUT2D eigenvalue weighted by Crippen LogP contribution is -2.16. The van der Waals surface area contributed by atoms with Crippen LogP contribution in [0.2, 0.25) is 0 Å². The van der Waals surface area contributed by atoms with Crippen LogP contribution >= 0.6 is 0 Å². The largest absolute Gasteiger partial charge is 0.469 e. The summed E-state index contributed by atoms with van der Waals surface area (Å²) in [4.78, 5) is 2.21. The Morgan fingerprint density at radius 1 is 1.21 bits per heavy atom. The summed E-state index contributed by atoms with van der Waals surface area (Å²) in [5.74, 6) is 0.983. The van der Waals surface area contributed by atoms with Gasteiger partial charge in [-0.15, -0.1) is 0 Å². The molecule has 3 nitrogen and oxygen atoms in total. The molecular weight excluding hydrogens is 236 g/mol. The molecule has 2 N–H and O–H groups in total. The summed E-state index contributed by atoms with van der Waals surface area (Å²) in [6.07, 6.45) is 2.70. The van der Waals surface area contributed by atoms with E-state index in [2.05, 4.69) is 43.1 Å². The first-order valence-corrected chi connectivity index (χ1v) is 6.71.